The number of hydrogen-bond acceptors (Lipinski definition) is 3. The lowest BCUT2D eigenvalue weighted by Gasteiger charge is -2.32. The van der Waals surface area contributed by atoms with Gasteiger partial charge in [0.15, 0.2) is 0 Å². The van der Waals surface area contributed by atoms with Crippen molar-refractivity contribution in [3.63, 3.8) is 0 Å². The number of unbranched alkanes of at least 4 members (excludes halogenated alkanes) is 1. The van der Waals surface area contributed by atoms with Gasteiger partial charge in [-0.25, -0.2) is 4.39 Å². The number of alkyl halides is 3. The molecule has 0 aliphatic carbocycles. The maximum atomic E-state index is 14.7. The molecule has 1 N–H and O–H groups in total. The summed E-state index contributed by atoms with van der Waals surface area (Å²) in [5.74, 6) is -2.17. The number of nitrogens with one attached hydrogen (secondary N) is 1. The Labute approximate surface area is 218 Å². The van der Waals surface area contributed by atoms with Gasteiger partial charge >= 0.3 is 12.1 Å². The normalized spacial score (nSPS) is 14.6. The quantitative estimate of drug-likeness (QED) is 0.373. The number of carbonyl (C=O) groups excluding carboxylic acids is 2. The molecule has 3 aromatic rings. The number of halogens is 4. The number of hydrogen-bond donors (Lipinski definition) is 1. The summed E-state index contributed by atoms with van der Waals surface area (Å²) in [5, 5.41) is 2.59. The van der Waals surface area contributed by atoms with Gasteiger partial charge in [-0.15, -0.1) is 0 Å². The van der Waals surface area contributed by atoms with Gasteiger partial charge in [0.05, 0.1) is 23.6 Å². The van der Waals surface area contributed by atoms with Gasteiger partial charge < -0.3 is 19.5 Å². The number of nitrogens with zero attached hydrogens (tertiary/aromatic N) is 2. The average Bonchev–Trinajstić information content (AvgIpc) is 3.29. The number of fused-ring (bicyclic) bond motifs is 1. The Balaban J connectivity index is 1.48. The molecular formula is C28H31F4N3O3. The first kappa shape index (κ1) is 27.5. The molecule has 6 nitrogen and oxygen atoms in total. The maximum absolute atomic E-state index is 14.7. The molecule has 1 aliphatic rings. The number of carbonyl (C=O) groups is 2. The summed E-state index contributed by atoms with van der Waals surface area (Å²) >= 11 is 0. The molecule has 0 bridgehead atoms. The Morgan fingerprint density at radius 3 is 2.53 bits per heavy atom. The molecule has 0 radical (unpaired) electrons. The van der Waals surface area contributed by atoms with Gasteiger partial charge in [-0.2, -0.15) is 13.2 Å². The van der Waals surface area contributed by atoms with Crippen LogP contribution in [0.5, 0.6) is 5.75 Å². The van der Waals surface area contributed by atoms with Gasteiger partial charge in [-0.05, 0) is 54.5 Å². The maximum Gasteiger partial charge on any atom is 0.471 e. The zero-order valence-corrected chi connectivity index (χ0v) is 21.4. The molecule has 0 atom stereocenters. The number of likely N-dealkylation sites (tertiary alicyclic amines) is 1. The van der Waals surface area contributed by atoms with E-state index in [0.717, 1.165) is 30.3 Å². The molecule has 0 saturated carbocycles. The lowest BCUT2D eigenvalue weighted by Crippen LogP contribution is -2.38. The van der Waals surface area contributed by atoms with Crippen LogP contribution in [-0.4, -0.2) is 47.7 Å². The van der Waals surface area contributed by atoms with E-state index < -0.39 is 17.9 Å². The zero-order chi connectivity index (χ0) is 27.4. The lowest BCUT2D eigenvalue weighted by atomic mass is 9.88. The van der Waals surface area contributed by atoms with E-state index in [4.69, 9.17) is 4.74 Å². The second-order valence-electron chi connectivity index (χ2n) is 9.55. The average molecular weight is 534 g/mol. The second-order valence-corrected chi connectivity index (χ2v) is 9.55. The fraction of sp³-hybridized carbons (Fsp3) is 0.429. The van der Waals surface area contributed by atoms with E-state index >= 15 is 0 Å². The molecule has 38 heavy (non-hydrogen) atoms. The summed E-state index contributed by atoms with van der Waals surface area (Å²) in [6.07, 6.45) is -0.0825. The van der Waals surface area contributed by atoms with Crippen LogP contribution in [0.2, 0.25) is 0 Å². The molecular weight excluding hydrogens is 502 g/mol. The van der Waals surface area contributed by atoms with Gasteiger partial charge in [0.1, 0.15) is 11.6 Å². The van der Waals surface area contributed by atoms with Crippen molar-refractivity contribution in [1.82, 2.24) is 14.8 Å². The van der Waals surface area contributed by atoms with Crippen molar-refractivity contribution in [2.75, 3.05) is 20.2 Å². The van der Waals surface area contributed by atoms with Crippen molar-refractivity contribution >= 4 is 22.7 Å². The van der Waals surface area contributed by atoms with Crippen molar-refractivity contribution < 1.29 is 31.9 Å². The van der Waals surface area contributed by atoms with E-state index in [1.807, 2.05) is 29.7 Å². The third-order valence-corrected chi connectivity index (χ3v) is 7.06. The van der Waals surface area contributed by atoms with Crippen LogP contribution in [0, 0.1) is 5.82 Å². The summed E-state index contributed by atoms with van der Waals surface area (Å²) in [4.78, 5) is 26.5. The smallest absolute Gasteiger partial charge is 0.471 e. The fourth-order valence-electron chi connectivity index (χ4n) is 5.03. The minimum Gasteiger partial charge on any atom is -0.496 e. The highest BCUT2D eigenvalue weighted by Crippen LogP contribution is 2.35. The van der Waals surface area contributed by atoms with Crippen LogP contribution in [0.1, 0.15) is 60.0 Å². The van der Waals surface area contributed by atoms with Crippen LogP contribution in [0.25, 0.3) is 10.9 Å². The van der Waals surface area contributed by atoms with Gasteiger partial charge in [-0.1, -0.05) is 31.5 Å². The number of aryl methyl sites for hydroxylation is 1. The Kier molecular flexibility index (Phi) is 8.28. The van der Waals surface area contributed by atoms with Crippen LogP contribution in [-0.2, 0) is 17.9 Å². The lowest BCUT2D eigenvalue weighted by molar-refractivity contribution is -0.173. The number of benzene rings is 2. The first-order valence-corrected chi connectivity index (χ1v) is 12.7. The standard InChI is InChI=1S/C28H31F4N3O3/c1-3-4-12-35-17-21(25-23(35)6-5-7-24(25)38-2)26(36)34-13-10-19(11-14-34)20-15-18(8-9-22(20)29)16-33-27(37)28(30,31)32/h5-9,15,17,19H,3-4,10-14,16H2,1-2H3,(H,33,37). The second kappa shape index (κ2) is 11.4. The summed E-state index contributed by atoms with van der Waals surface area (Å²) < 4.78 is 59.8. The highest BCUT2D eigenvalue weighted by molar-refractivity contribution is 6.09. The summed E-state index contributed by atoms with van der Waals surface area (Å²) in [6.45, 7) is 3.37. The summed E-state index contributed by atoms with van der Waals surface area (Å²) in [7, 11) is 1.58. The van der Waals surface area contributed by atoms with Crippen LogP contribution in [0.15, 0.2) is 42.6 Å². The molecule has 204 valence electrons. The molecule has 2 amide bonds. The van der Waals surface area contributed by atoms with Crippen LogP contribution in [0.3, 0.4) is 0 Å². The molecule has 1 fully saturated rings. The highest BCUT2D eigenvalue weighted by atomic mass is 19.4. The summed E-state index contributed by atoms with van der Waals surface area (Å²) in [6, 6.07) is 9.78. The number of rotatable bonds is 8. The van der Waals surface area contributed by atoms with Crippen molar-refractivity contribution in [3.8, 4) is 5.75 Å². The van der Waals surface area contributed by atoms with E-state index in [1.165, 1.54) is 18.2 Å². The Morgan fingerprint density at radius 1 is 1.13 bits per heavy atom. The van der Waals surface area contributed by atoms with E-state index in [0.29, 0.717) is 48.4 Å². The monoisotopic (exact) mass is 533 g/mol. The number of methoxy groups -OCH3 is 1. The van der Waals surface area contributed by atoms with Crippen molar-refractivity contribution in [1.29, 1.82) is 0 Å². The van der Waals surface area contributed by atoms with E-state index in [1.54, 1.807) is 12.0 Å². The molecule has 2 heterocycles. The Hall–Kier alpha value is -3.56. The van der Waals surface area contributed by atoms with E-state index in [9.17, 15) is 27.2 Å². The minimum absolute atomic E-state index is 0.114. The highest BCUT2D eigenvalue weighted by Gasteiger charge is 2.38. The zero-order valence-electron chi connectivity index (χ0n) is 21.4. The van der Waals surface area contributed by atoms with Gasteiger partial charge in [0.25, 0.3) is 5.91 Å². The number of amides is 2. The third kappa shape index (κ3) is 5.79. The molecule has 4 rings (SSSR count). The number of ether oxygens (including phenoxy) is 1. The minimum atomic E-state index is -4.98. The molecule has 1 aromatic heterocycles. The molecule has 2 aromatic carbocycles. The van der Waals surface area contributed by atoms with Crippen LogP contribution >= 0.6 is 0 Å². The largest absolute Gasteiger partial charge is 0.496 e. The molecule has 1 saturated heterocycles. The molecule has 0 spiro atoms. The Morgan fingerprint density at radius 2 is 1.87 bits per heavy atom. The van der Waals surface area contributed by atoms with Gasteiger partial charge in [0, 0.05) is 32.4 Å². The van der Waals surface area contributed by atoms with Crippen molar-refractivity contribution in [2.45, 2.75) is 57.8 Å². The van der Waals surface area contributed by atoms with Crippen LogP contribution in [0.4, 0.5) is 17.6 Å². The predicted octanol–water partition coefficient (Wildman–Crippen LogP) is 5.79. The van der Waals surface area contributed by atoms with E-state index in [2.05, 4.69) is 11.5 Å². The van der Waals surface area contributed by atoms with E-state index in [-0.39, 0.29) is 18.4 Å². The topological polar surface area (TPSA) is 63.6 Å². The fourth-order valence-corrected chi connectivity index (χ4v) is 5.03. The number of piperidine rings is 1. The number of aromatic nitrogens is 1. The van der Waals surface area contributed by atoms with Gasteiger partial charge in [0.2, 0.25) is 0 Å². The van der Waals surface area contributed by atoms with Crippen molar-refractivity contribution in [2.24, 2.45) is 0 Å². The van der Waals surface area contributed by atoms with Crippen molar-refractivity contribution in [3.05, 3.63) is 65.1 Å². The Bertz CT molecular complexity index is 1310. The third-order valence-electron chi connectivity index (χ3n) is 7.06. The molecule has 10 heteroatoms. The van der Waals surface area contributed by atoms with Gasteiger partial charge in [-0.3, -0.25) is 9.59 Å². The predicted molar refractivity (Wildman–Crippen MR) is 136 cm³/mol. The molecule has 0 unspecified atom stereocenters. The summed E-state index contributed by atoms with van der Waals surface area (Å²) in [5.41, 5.74) is 2.27. The molecule has 1 aliphatic heterocycles. The first-order chi connectivity index (χ1) is 18.1. The van der Waals surface area contributed by atoms with Crippen LogP contribution < -0.4 is 10.1 Å². The SMILES string of the molecule is CCCCn1cc(C(=O)N2CCC(c3cc(CNC(=O)C(F)(F)F)ccc3F)CC2)c2c(OC)cccc21. The first-order valence-electron chi connectivity index (χ1n) is 12.7.